The number of hydrogen-bond acceptors (Lipinski definition) is 6. The lowest BCUT2D eigenvalue weighted by molar-refractivity contribution is -0.118. The fourth-order valence-corrected chi connectivity index (χ4v) is 2.66. The summed E-state index contributed by atoms with van der Waals surface area (Å²) >= 11 is 1.30. The predicted octanol–water partition coefficient (Wildman–Crippen LogP) is 2.24. The van der Waals surface area contributed by atoms with Crippen molar-refractivity contribution >= 4 is 28.3 Å². The number of hydrogen-bond donors (Lipinski definition) is 3. The lowest BCUT2D eigenvalue weighted by Crippen LogP contribution is -2.40. The molecule has 0 saturated heterocycles. The Labute approximate surface area is 138 Å². The van der Waals surface area contributed by atoms with E-state index in [1.807, 2.05) is 13.8 Å². The Balaban J connectivity index is 2.07. The third-order valence-corrected chi connectivity index (χ3v) is 4.44. The molecule has 0 aliphatic carbocycles. The van der Waals surface area contributed by atoms with Gasteiger partial charge in [-0.2, -0.15) is 0 Å². The minimum atomic E-state index is -0.564. The summed E-state index contributed by atoms with van der Waals surface area (Å²) in [4.78, 5) is 30.7. The first-order valence-corrected chi connectivity index (χ1v) is 8.13. The number of aromatic nitrogens is 2. The first kappa shape index (κ1) is 17.2. The topological polar surface area (TPSA) is 110 Å². The highest BCUT2D eigenvalue weighted by Gasteiger charge is 2.20. The van der Waals surface area contributed by atoms with Gasteiger partial charge < -0.3 is 20.8 Å². The molecule has 0 bridgehead atoms. The number of aromatic amines is 1. The molecule has 8 heteroatoms. The van der Waals surface area contributed by atoms with Gasteiger partial charge in [-0.1, -0.05) is 20.3 Å². The van der Waals surface area contributed by atoms with E-state index in [1.165, 1.54) is 18.4 Å². The Morgan fingerprint density at radius 3 is 2.91 bits per heavy atom. The molecule has 2 rings (SSSR count). The van der Waals surface area contributed by atoms with Crippen LogP contribution >= 0.6 is 11.3 Å². The van der Waals surface area contributed by atoms with E-state index < -0.39 is 12.0 Å². The summed E-state index contributed by atoms with van der Waals surface area (Å²) < 4.78 is 4.64. The summed E-state index contributed by atoms with van der Waals surface area (Å²) in [6, 6.07) is 1.09. The number of carbonyl (C=O) groups is 2. The van der Waals surface area contributed by atoms with Crippen LogP contribution < -0.4 is 11.1 Å². The number of esters is 1. The van der Waals surface area contributed by atoms with E-state index >= 15 is 0 Å². The van der Waals surface area contributed by atoms with Gasteiger partial charge >= 0.3 is 5.97 Å². The fraction of sp³-hybridized carbons (Fsp3) is 0.400. The van der Waals surface area contributed by atoms with Crippen LogP contribution in [-0.2, 0) is 9.53 Å². The Morgan fingerprint density at radius 2 is 2.26 bits per heavy atom. The molecule has 1 amide bonds. The normalized spacial score (nSPS) is 13.4. The van der Waals surface area contributed by atoms with Crippen LogP contribution in [-0.4, -0.2) is 35.0 Å². The second kappa shape index (κ2) is 7.38. The highest BCUT2D eigenvalue weighted by atomic mass is 32.1. The lowest BCUT2D eigenvalue weighted by atomic mass is 10.00. The minimum Gasteiger partial charge on any atom is -0.464 e. The molecular weight excluding hydrogens is 316 g/mol. The first-order valence-electron chi connectivity index (χ1n) is 7.25. The van der Waals surface area contributed by atoms with Gasteiger partial charge in [0.25, 0.3) is 0 Å². The molecule has 0 fully saturated rings. The number of nitrogens with zero attached hydrogens (tertiary/aromatic N) is 1. The van der Waals surface area contributed by atoms with Crippen LogP contribution in [0, 0.1) is 5.92 Å². The van der Waals surface area contributed by atoms with Gasteiger partial charge in [-0.15, -0.1) is 11.3 Å². The van der Waals surface area contributed by atoms with Crippen molar-refractivity contribution in [2.24, 2.45) is 11.7 Å². The maximum Gasteiger partial charge on any atom is 0.354 e. The number of methoxy groups -OCH3 is 1. The van der Waals surface area contributed by atoms with Crippen LogP contribution in [0.25, 0.3) is 11.3 Å². The van der Waals surface area contributed by atoms with Crippen LogP contribution in [0.2, 0.25) is 0 Å². The van der Waals surface area contributed by atoms with E-state index in [1.54, 1.807) is 17.6 Å². The van der Waals surface area contributed by atoms with Gasteiger partial charge in [0.2, 0.25) is 5.91 Å². The summed E-state index contributed by atoms with van der Waals surface area (Å²) in [5.74, 6) is -0.592. The van der Waals surface area contributed by atoms with Crippen molar-refractivity contribution < 1.29 is 14.3 Å². The average molecular weight is 336 g/mol. The van der Waals surface area contributed by atoms with Crippen molar-refractivity contribution in [1.29, 1.82) is 0 Å². The molecule has 0 aliphatic rings. The minimum absolute atomic E-state index is 0.0988. The molecule has 0 aliphatic heterocycles. The van der Waals surface area contributed by atoms with Gasteiger partial charge in [0.15, 0.2) is 5.13 Å². The van der Waals surface area contributed by atoms with Gasteiger partial charge in [-0.3, -0.25) is 4.79 Å². The van der Waals surface area contributed by atoms with Crippen LogP contribution in [0.4, 0.5) is 5.13 Å². The fourth-order valence-electron chi connectivity index (χ4n) is 1.93. The molecule has 2 unspecified atom stereocenters. The van der Waals surface area contributed by atoms with Gasteiger partial charge in [0.1, 0.15) is 5.69 Å². The highest BCUT2D eigenvalue weighted by molar-refractivity contribution is 7.14. The van der Waals surface area contributed by atoms with Gasteiger partial charge in [-0.05, 0) is 12.0 Å². The smallest absolute Gasteiger partial charge is 0.354 e. The van der Waals surface area contributed by atoms with Crippen molar-refractivity contribution in [1.82, 2.24) is 9.97 Å². The third kappa shape index (κ3) is 3.96. The zero-order valence-corrected chi connectivity index (χ0v) is 14.1. The van der Waals surface area contributed by atoms with E-state index in [0.29, 0.717) is 16.5 Å². The van der Waals surface area contributed by atoms with Crippen LogP contribution in [0.3, 0.4) is 0 Å². The number of thiazole rings is 1. The second-order valence-electron chi connectivity index (χ2n) is 5.23. The average Bonchev–Trinajstić information content (AvgIpc) is 3.21. The van der Waals surface area contributed by atoms with Crippen molar-refractivity contribution in [2.75, 3.05) is 12.4 Å². The van der Waals surface area contributed by atoms with Gasteiger partial charge in [-0.25, -0.2) is 9.78 Å². The van der Waals surface area contributed by atoms with E-state index in [-0.39, 0.29) is 11.8 Å². The summed E-state index contributed by atoms with van der Waals surface area (Å²) in [6.07, 6.45) is 2.50. The number of anilines is 1. The summed E-state index contributed by atoms with van der Waals surface area (Å²) in [5.41, 5.74) is 7.65. The number of ether oxygens (including phenoxy) is 1. The molecule has 7 nitrogen and oxygen atoms in total. The quantitative estimate of drug-likeness (QED) is 0.701. The van der Waals surface area contributed by atoms with Crippen LogP contribution in [0.15, 0.2) is 17.6 Å². The Morgan fingerprint density at radius 1 is 1.52 bits per heavy atom. The summed E-state index contributed by atoms with van der Waals surface area (Å²) in [7, 11) is 1.32. The molecule has 2 aromatic heterocycles. The van der Waals surface area contributed by atoms with E-state index in [9.17, 15) is 9.59 Å². The number of H-pyrrole nitrogens is 1. The van der Waals surface area contributed by atoms with E-state index in [4.69, 9.17) is 5.73 Å². The number of nitrogens with one attached hydrogen (secondary N) is 2. The Kier molecular flexibility index (Phi) is 5.51. The zero-order valence-electron chi connectivity index (χ0n) is 13.3. The van der Waals surface area contributed by atoms with E-state index in [0.717, 1.165) is 12.0 Å². The summed E-state index contributed by atoms with van der Waals surface area (Å²) in [5, 5.41) is 5.01. The number of rotatable bonds is 6. The number of amides is 1. The standard InChI is InChI=1S/C15H20N4O3S/c1-4-8(2)12(16)13(20)19-15-18-11(7-23-15)9-5-10(17-6-9)14(21)22-3/h5-8,12,17H,4,16H2,1-3H3,(H,18,19,20). The molecule has 2 heterocycles. The van der Waals surface area contributed by atoms with Crippen molar-refractivity contribution in [2.45, 2.75) is 26.3 Å². The highest BCUT2D eigenvalue weighted by Crippen LogP contribution is 2.26. The summed E-state index contributed by atoms with van der Waals surface area (Å²) in [6.45, 7) is 3.93. The first-order chi connectivity index (χ1) is 11.0. The second-order valence-corrected chi connectivity index (χ2v) is 6.09. The zero-order chi connectivity index (χ0) is 17.0. The van der Waals surface area contributed by atoms with Crippen LogP contribution in [0.1, 0.15) is 30.8 Å². The Bertz CT molecular complexity index is 694. The third-order valence-electron chi connectivity index (χ3n) is 3.68. The van der Waals surface area contributed by atoms with Crippen LogP contribution in [0.5, 0.6) is 0 Å². The van der Waals surface area contributed by atoms with Crippen molar-refractivity contribution in [3.05, 3.63) is 23.3 Å². The van der Waals surface area contributed by atoms with E-state index in [2.05, 4.69) is 20.0 Å². The molecule has 0 aromatic carbocycles. The maximum absolute atomic E-state index is 12.1. The van der Waals surface area contributed by atoms with Gasteiger partial charge in [0.05, 0.1) is 18.8 Å². The van der Waals surface area contributed by atoms with Crippen molar-refractivity contribution in [3.8, 4) is 11.3 Å². The Hall–Kier alpha value is -2.19. The molecule has 0 spiro atoms. The molecule has 23 heavy (non-hydrogen) atoms. The maximum atomic E-state index is 12.1. The molecule has 4 N–H and O–H groups in total. The number of nitrogens with two attached hydrogens (primary N) is 1. The number of carbonyl (C=O) groups excluding carboxylic acids is 2. The van der Waals surface area contributed by atoms with Crippen molar-refractivity contribution in [3.63, 3.8) is 0 Å². The molecule has 124 valence electrons. The lowest BCUT2D eigenvalue weighted by Gasteiger charge is -2.16. The monoisotopic (exact) mass is 336 g/mol. The molecule has 0 radical (unpaired) electrons. The molecular formula is C15H20N4O3S. The predicted molar refractivity (Wildman–Crippen MR) is 89.3 cm³/mol. The van der Waals surface area contributed by atoms with Gasteiger partial charge in [0, 0.05) is 17.1 Å². The molecule has 2 atom stereocenters. The molecule has 2 aromatic rings. The molecule has 0 saturated carbocycles. The largest absolute Gasteiger partial charge is 0.464 e. The SMILES string of the molecule is CCC(C)C(N)C(=O)Nc1nc(-c2c[nH]c(C(=O)OC)c2)cs1.